The third kappa shape index (κ3) is 69.0. The van der Waals surface area contributed by atoms with Crippen LogP contribution in [-0.4, -0.2) is 108 Å². The molecule has 0 aliphatic rings. The molecular weight excluding hydrogens is 1520 g/mol. The first-order valence-corrected chi connectivity index (χ1v) is 52.4. The molecule has 1 rings (SSSR count). The average Bonchev–Trinajstić information content (AvgIpc) is 0.894. The van der Waals surface area contributed by atoms with Crippen molar-refractivity contribution in [1.82, 2.24) is 15.0 Å². The van der Waals surface area contributed by atoms with Gasteiger partial charge in [0.2, 0.25) is 0 Å². The molecule has 17 nitrogen and oxygen atoms in total. The highest BCUT2D eigenvalue weighted by molar-refractivity contribution is 7.98. The van der Waals surface area contributed by atoms with Crippen molar-refractivity contribution < 1.29 is 66.7 Å². The monoisotopic (exact) mass is 1710 g/mol. The van der Waals surface area contributed by atoms with Crippen molar-refractivity contribution in [2.75, 3.05) is 51.6 Å². The molecule has 0 aliphatic heterocycles. The first-order valence-electron chi connectivity index (χ1n) is 51.0. The van der Waals surface area contributed by atoms with E-state index in [1.807, 2.05) is 11.8 Å². The van der Waals surface area contributed by atoms with Gasteiger partial charge in [-0.2, -0.15) is 11.8 Å². The quantitative estimate of drug-likeness (QED) is 0.0337. The predicted octanol–water partition coefficient (Wildman–Crippen LogP) is 29.5. The third-order valence-corrected chi connectivity index (χ3v) is 25.0. The molecule has 0 spiro atoms. The van der Waals surface area contributed by atoms with Crippen LogP contribution in [0.25, 0.3) is 0 Å². The molecule has 1 heterocycles. The Hall–Kier alpha value is -4.22. The molecule has 18 heteroatoms. The lowest BCUT2D eigenvalue weighted by Gasteiger charge is -2.32. The molecule has 0 aromatic carbocycles. The van der Waals surface area contributed by atoms with Gasteiger partial charge < -0.3 is 33.2 Å². The molecule has 702 valence electrons. The molecule has 0 saturated heterocycles. The van der Waals surface area contributed by atoms with E-state index in [1.165, 1.54) is 348 Å². The summed E-state index contributed by atoms with van der Waals surface area (Å²) in [5.41, 5.74) is -4.93. The summed E-state index contributed by atoms with van der Waals surface area (Å²) in [6.07, 6.45) is 86.7. The van der Waals surface area contributed by atoms with E-state index in [-0.39, 0.29) is 32.3 Å². The van der Waals surface area contributed by atoms with E-state index in [0.29, 0.717) is 37.9 Å². The Morgan fingerprint density at radius 3 is 0.683 bits per heavy atom. The molecule has 0 N–H and O–H groups in total. The minimum atomic E-state index is -1.89. The number of carbonyl (C=O) groups is 7. The lowest BCUT2D eigenvalue weighted by atomic mass is 9.90. The van der Waals surface area contributed by atoms with Gasteiger partial charge >= 0.3 is 41.8 Å². The Bertz CT molecular complexity index is 2320. The van der Waals surface area contributed by atoms with Crippen LogP contribution in [0, 0.1) is 16.2 Å². The second-order valence-electron chi connectivity index (χ2n) is 37.0. The molecule has 0 radical (unpaired) electrons. The largest absolute Gasteiger partial charge is 0.464 e. The number of carbonyl (C=O) groups excluding carboxylic acids is 7. The van der Waals surface area contributed by atoms with Crippen molar-refractivity contribution in [3.63, 3.8) is 0 Å². The number of ether oxygens (including phenoxy) is 7. The van der Waals surface area contributed by atoms with Crippen LogP contribution in [-0.2, 0) is 79.9 Å². The van der Waals surface area contributed by atoms with E-state index < -0.39 is 97.7 Å². The maximum absolute atomic E-state index is 14.8. The SMILES string of the molecule is CCCCCCCCCCCCCCCCCC(=O)OCC(C)(COC(=O)CCCCCCCCCCCCCCCCC)C(=O)OCC(C)(COC(=O)C(C)(COC(=O)CCCCCCCCCCCCCCCCC)COC(=O)CCCCCCCCCCCCCCCCC)C(=O)OCc1cn(CCCCCCCCCCCSC)nn1. The van der Waals surface area contributed by atoms with E-state index >= 15 is 0 Å². The van der Waals surface area contributed by atoms with Crippen molar-refractivity contribution in [1.29, 1.82) is 0 Å². The standard InChI is InChI=1S/C102H189N3O14S/c1-9-13-17-21-25-29-33-37-41-45-49-54-60-66-72-78-93(106)114-86-100(5,87-115-94(107)79-73-67-61-55-50-46-42-38-34-30-26-22-18-14-10-2)98(111)118-90-102(7,97(110)113-85-92-84-105(104-103-92)82-76-70-64-58-53-59-65-71-77-83-120-8)91-119-99(112)101(6,88-116-95(108)80-74-68-62-56-51-47-43-39-35-31-27-23-19-15-11-3)89-117-96(109)81-75-69-63-57-52-48-44-40-36-32-28-24-20-16-12-4/h84H,9-83,85-91H2,1-8H3. The molecule has 0 bridgehead atoms. The van der Waals surface area contributed by atoms with E-state index in [2.05, 4.69) is 44.3 Å². The lowest BCUT2D eigenvalue weighted by Crippen LogP contribution is -2.46. The summed E-state index contributed by atoms with van der Waals surface area (Å²) in [5, 5.41) is 8.64. The highest BCUT2D eigenvalue weighted by atomic mass is 32.2. The predicted molar refractivity (Wildman–Crippen MR) is 498 cm³/mol. The number of esters is 7. The second-order valence-corrected chi connectivity index (χ2v) is 38.0. The van der Waals surface area contributed by atoms with Gasteiger partial charge in [-0.15, -0.1) is 5.10 Å². The average molecular weight is 1710 g/mol. The number of hydrogen-bond donors (Lipinski definition) is 0. The molecular formula is C102H189N3O14S. The van der Waals surface area contributed by atoms with Gasteiger partial charge in [0.25, 0.3) is 0 Å². The van der Waals surface area contributed by atoms with Gasteiger partial charge in [0, 0.05) is 32.2 Å². The number of rotatable bonds is 93. The van der Waals surface area contributed by atoms with Crippen LogP contribution < -0.4 is 0 Å². The van der Waals surface area contributed by atoms with E-state index in [9.17, 15) is 33.6 Å². The van der Waals surface area contributed by atoms with Crippen molar-refractivity contribution in [2.24, 2.45) is 16.2 Å². The number of nitrogens with zero attached hydrogens (tertiary/aromatic N) is 3. The molecule has 0 atom stereocenters. The summed E-state index contributed by atoms with van der Waals surface area (Å²) in [6, 6.07) is 0. The Morgan fingerprint density at radius 2 is 0.458 bits per heavy atom. The van der Waals surface area contributed by atoms with Crippen LogP contribution in [0.5, 0.6) is 0 Å². The first-order chi connectivity index (χ1) is 58.5. The Labute approximate surface area is 741 Å². The zero-order valence-corrected chi connectivity index (χ0v) is 80.3. The minimum absolute atomic E-state index is 0.153. The van der Waals surface area contributed by atoms with Crippen LogP contribution in [0.4, 0.5) is 0 Å². The molecule has 1 aromatic heterocycles. The normalized spacial score (nSPS) is 11.8. The van der Waals surface area contributed by atoms with Gasteiger partial charge in [0.05, 0.1) is 6.20 Å². The fraction of sp³-hybridized carbons (Fsp3) is 0.912. The molecule has 0 amide bonds. The van der Waals surface area contributed by atoms with Gasteiger partial charge in [0.15, 0.2) is 0 Å². The van der Waals surface area contributed by atoms with Gasteiger partial charge in [-0.25, -0.2) is 0 Å². The van der Waals surface area contributed by atoms with Crippen LogP contribution in [0.2, 0.25) is 0 Å². The number of aryl methyl sites for hydroxylation is 1. The van der Waals surface area contributed by atoms with E-state index in [1.54, 1.807) is 10.9 Å². The molecule has 1 aromatic rings. The van der Waals surface area contributed by atoms with Gasteiger partial charge in [-0.3, -0.25) is 38.2 Å². The van der Waals surface area contributed by atoms with Crippen LogP contribution in [0.3, 0.4) is 0 Å². The van der Waals surface area contributed by atoms with Crippen LogP contribution in [0.15, 0.2) is 6.20 Å². The number of thioether (sulfide) groups is 1. The zero-order chi connectivity index (χ0) is 87.5. The van der Waals surface area contributed by atoms with Crippen molar-refractivity contribution in [2.45, 2.75) is 530 Å². The summed E-state index contributed by atoms with van der Waals surface area (Å²) in [6.45, 7) is 10.6. The molecule has 0 aliphatic carbocycles. The Kier molecular flexibility index (Phi) is 78.7. The minimum Gasteiger partial charge on any atom is -0.464 e. The van der Waals surface area contributed by atoms with Gasteiger partial charge in [0.1, 0.15) is 68.2 Å². The Morgan fingerprint density at radius 1 is 0.267 bits per heavy atom. The van der Waals surface area contributed by atoms with Gasteiger partial charge in [-0.05, 0) is 71.3 Å². The fourth-order valence-electron chi connectivity index (χ4n) is 15.7. The summed E-state index contributed by atoms with van der Waals surface area (Å²) in [4.78, 5) is 98.6. The second kappa shape index (κ2) is 83.0. The topological polar surface area (TPSA) is 215 Å². The third-order valence-electron chi connectivity index (χ3n) is 24.3. The lowest BCUT2D eigenvalue weighted by molar-refractivity contribution is -0.182. The zero-order valence-electron chi connectivity index (χ0n) is 79.5. The van der Waals surface area contributed by atoms with Crippen molar-refractivity contribution >= 4 is 53.5 Å². The Balaban J connectivity index is 3.40. The summed E-state index contributed by atoms with van der Waals surface area (Å²) in [5.74, 6) is -3.44. The molecule has 120 heavy (non-hydrogen) atoms. The number of unbranched alkanes of at least 4 members (excludes halogenated alkanes) is 64. The number of hydrogen-bond acceptors (Lipinski definition) is 17. The highest BCUT2D eigenvalue weighted by Crippen LogP contribution is 2.30. The summed E-state index contributed by atoms with van der Waals surface area (Å²) >= 11 is 1.91. The van der Waals surface area contributed by atoms with Crippen molar-refractivity contribution in [3.05, 3.63) is 11.9 Å². The first kappa shape index (κ1) is 114. The molecule has 0 saturated carbocycles. The smallest absolute Gasteiger partial charge is 0.319 e. The maximum Gasteiger partial charge on any atom is 0.319 e. The number of aromatic nitrogens is 3. The highest BCUT2D eigenvalue weighted by Gasteiger charge is 2.46. The fourth-order valence-corrected chi connectivity index (χ4v) is 16.2. The van der Waals surface area contributed by atoms with Crippen molar-refractivity contribution in [3.8, 4) is 0 Å². The maximum atomic E-state index is 14.8. The van der Waals surface area contributed by atoms with Crippen LogP contribution >= 0.6 is 11.8 Å². The summed E-state index contributed by atoms with van der Waals surface area (Å²) in [7, 11) is 0. The van der Waals surface area contributed by atoms with E-state index in [4.69, 9.17) is 33.2 Å². The van der Waals surface area contributed by atoms with Gasteiger partial charge in [-0.1, -0.05) is 437 Å². The molecule has 0 unspecified atom stereocenters. The van der Waals surface area contributed by atoms with E-state index in [0.717, 1.165) is 96.3 Å². The van der Waals surface area contributed by atoms with Crippen LogP contribution in [0.1, 0.15) is 523 Å². The molecule has 0 fully saturated rings. The summed E-state index contributed by atoms with van der Waals surface area (Å²) < 4.78 is 43.3.